The predicted molar refractivity (Wildman–Crippen MR) is 71.2 cm³/mol. The first-order chi connectivity index (χ1) is 8.50. The zero-order chi connectivity index (χ0) is 13.3. The summed E-state index contributed by atoms with van der Waals surface area (Å²) in [4.78, 5) is 15.1. The number of hydrogen-bond donors (Lipinski definition) is 2. The highest BCUT2D eigenvalue weighted by Crippen LogP contribution is 2.34. The third-order valence-electron chi connectivity index (χ3n) is 3.91. The van der Waals surface area contributed by atoms with Crippen LogP contribution in [0, 0.1) is 11.8 Å². The van der Waals surface area contributed by atoms with E-state index in [1.54, 1.807) is 0 Å². The molecule has 0 radical (unpaired) electrons. The number of aromatic nitrogens is 1. The van der Waals surface area contributed by atoms with Gasteiger partial charge >= 0.3 is 5.97 Å². The molecule has 2 rings (SSSR count). The maximum Gasteiger partial charge on any atom is 0.337 e. The van der Waals surface area contributed by atoms with Crippen LogP contribution >= 0.6 is 11.6 Å². The fraction of sp³-hybridized carbons (Fsp3) is 0.538. The summed E-state index contributed by atoms with van der Waals surface area (Å²) >= 11 is 6.06. The van der Waals surface area contributed by atoms with Gasteiger partial charge in [-0.1, -0.05) is 25.4 Å². The first kappa shape index (κ1) is 13.1. The minimum Gasteiger partial charge on any atom is -0.478 e. The number of carbonyl (C=O) groups is 1. The van der Waals surface area contributed by atoms with E-state index in [-0.39, 0.29) is 10.6 Å². The minimum absolute atomic E-state index is 0.0906. The van der Waals surface area contributed by atoms with Gasteiger partial charge in [0.05, 0.1) is 10.6 Å². The van der Waals surface area contributed by atoms with Crippen LogP contribution in [0.2, 0.25) is 5.02 Å². The van der Waals surface area contributed by atoms with Gasteiger partial charge in [-0.05, 0) is 30.7 Å². The second-order valence-corrected chi connectivity index (χ2v) is 5.37. The molecular weight excluding hydrogens is 252 g/mol. The van der Waals surface area contributed by atoms with Gasteiger partial charge in [0, 0.05) is 12.2 Å². The van der Waals surface area contributed by atoms with Crippen LogP contribution in [0.3, 0.4) is 0 Å². The molecule has 1 aliphatic rings. The Hall–Kier alpha value is -1.29. The van der Waals surface area contributed by atoms with Crippen molar-refractivity contribution in [3.8, 4) is 0 Å². The van der Waals surface area contributed by atoms with Gasteiger partial charge < -0.3 is 10.4 Å². The normalized spacial score (nSPS) is 27.2. The standard InChI is InChI=1S/C13H17ClN2O2/c1-7-3-4-10(8(7)2)16-12-11(14)9(13(17)18)5-6-15-12/h5-8,10H,3-4H2,1-2H3,(H,15,16)(H,17,18). The van der Waals surface area contributed by atoms with Crippen molar-refractivity contribution in [1.82, 2.24) is 4.98 Å². The van der Waals surface area contributed by atoms with Crippen molar-refractivity contribution in [3.05, 3.63) is 22.8 Å². The van der Waals surface area contributed by atoms with E-state index >= 15 is 0 Å². The number of anilines is 1. The Bertz CT molecular complexity index is 464. The first-order valence-corrected chi connectivity index (χ1v) is 6.53. The van der Waals surface area contributed by atoms with Crippen LogP contribution in [0.1, 0.15) is 37.0 Å². The maximum atomic E-state index is 11.0. The van der Waals surface area contributed by atoms with E-state index in [1.807, 2.05) is 0 Å². The number of halogens is 1. The Morgan fingerprint density at radius 3 is 2.78 bits per heavy atom. The van der Waals surface area contributed by atoms with E-state index in [0.29, 0.717) is 23.7 Å². The number of pyridine rings is 1. The van der Waals surface area contributed by atoms with Crippen LogP contribution in [-0.2, 0) is 0 Å². The molecule has 1 aromatic heterocycles. The molecule has 0 aliphatic heterocycles. The van der Waals surface area contributed by atoms with E-state index in [1.165, 1.54) is 18.7 Å². The van der Waals surface area contributed by atoms with Gasteiger partial charge in [0.15, 0.2) is 0 Å². The highest BCUT2D eigenvalue weighted by molar-refractivity contribution is 6.35. The van der Waals surface area contributed by atoms with Gasteiger partial charge in [-0.15, -0.1) is 0 Å². The summed E-state index contributed by atoms with van der Waals surface area (Å²) in [5.41, 5.74) is 0.0906. The third-order valence-corrected chi connectivity index (χ3v) is 4.29. The summed E-state index contributed by atoms with van der Waals surface area (Å²) in [6.07, 6.45) is 3.72. The fourth-order valence-corrected chi connectivity index (χ4v) is 2.70. The minimum atomic E-state index is -1.03. The number of rotatable bonds is 3. The molecule has 1 fully saturated rings. The zero-order valence-electron chi connectivity index (χ0n) is 10.5. The molecule has 0 bridgehead atoms. The number of nitrogens with zero attached hydrogens (tertiary/aromatic N) is 1. The van der Waals surface area contributed by atoms with Crippen LogP contribution < -0.4 is 5.32 Å². The van der Waals surface area contributed by atoms with Crippen molar-refractivity contribution in [1.29, 1.82) is 0 Å². The average Bonchev–Trinajstić information content (AvgIpc) is 2.63. The molecule has 2 N–H and O–H groups in total. The van der Waals surface area contributed by atoms with E-state index < -0.39 is 5.97 Å². The highest BCUT2D eigenvalue weighted by atomic mass is 35.5. The molecule has 3 atom stereocenters. The topological polar surface area (TPSA) is 62.2 Å². The molecule has 18 heavy (non-hydrogen) atoms. The monoisotopic (exact) mass is 268 g/mol. The second-order valence-electron chi connectivity index (χ2n) is 4.99. The number of carboxylic acid groups (broad SMARTS) is 1. The Morgan fingerprint density at radius 1 is 1.50 bits per heavy atom. The van der Waals surface area contributed by atoms with Crippen LogP contribution in [-0.4, -0.2) is 22.1 Å². The fourth-order valence-electron chi connectivity index (χ4n) is 2.45. The van der Waals surface area contributed by atoms with Crippen LogP contribution in [0.25, 0.3) is 0 Å². The van der Waals surface area contributed by atoms with Gasteiger partial charge in [0.2, 0.25) is 0 Å². The SMILES string of the molecule is CC1CCC(Nc2nccc(C(=O)O)c2Cl)C1C. The number of carboxylic acids is 1. The maximum absolute atomic E-state index is 11.0. The van der Waals surface area contributed by atoms with Crippen molar-refractivity contribution in [3.63, 3.8) is 0 Å². The summed E-state index contributed by atoms with van der Waals surface area (Å²) in [6.45, 7) is 4.43. The van der Waals surface area contributed by atoms with Crippen molar-refractivity contribution in [2.45, 2.75) is 32.7 Å². The molecule has 1 aliphatic carbocycles. The van der Waals surface area contributed by atoms with E-state index in [2.05, 4.69) is 24.1 Å². The molecule has 0 aromatic carbocycles. The van der Waals surface area contributed by atoms with Crippen LogP contribution in [0.15, 0.2) is 12.3 Å². The summed E-state index contributed by atoms with van der Waals surface area (Å²) in [6, 6.07) is 1.73. The molecule has 1 heterocycles. The summed E-state index contributed by atoms with van der Waals surface area (Å²) in [5.74, 6) is 0.654. The van der Waals surface area contributed by atoms with Gasteiger partial charge in [-0.2, -0.15) is 0 Å². The lowest BCUT2D eigenvalue weighted by molar-refractivity contribution is 0.0697. The zero-order valence-corrected chi connectivity index (χ0v) is 11.2. The summed E-state index contributed by atoms with van der Waals surface area (Å²) in [5, 5.41) is 12.5. The predicted octanol–water partition coefficient (Wildman–Crippen LogP) is 3.28. The molecule has 0 spiro atoms. The molecule has 5 heteroatoms. The van der Waals surface area contributed by atoms with Gasteiger partial charge in [0.25, 0.3) is 0 Å². The number of aromatic carboxylic acids is 1. The number of hydrogen-bond acceptors (Lipinski definition) is 3. The van der Waals surface area contributed by atoms with Gasteiger partial charge in [-0.3, -0.25) is 0 Å². The van der Waals surface area contributed by atoms with Crippen molar-refractivity contribution >= 4 is 23.4 Å². The molecular formula is C13H17ClN2O2. The molecule has 1 saturated carbocycles. The largest absolute Gasteiger partial charge is 0.478 e. The Kier molecular flexibility index (Phi) is 3.76. The van der Waals surface area contributed by atoms with E-state index in [4.69, 9.17) is 16.7 Å². The van der Waals surface area contributed by atoms with Crippen LogP contribution in [0.4, 0.5) is 5.82 Å². The van der Waals surface area contributed by atoms with E-state index in [9.17, 15) is 4.79 Å². The molecule has 98 valence electrons. The highest BCUT2D eigenvalue weighted by Gasteiger charge is 2.30. The third kappa shape index (κ3) is 2.43. The molecule has 3 unspecified atom stereocenters. The van der Waals surface area contributed by atoms with Gasteiger partial charge in [-0.25, -0.2) is 9.78 Å². The van der Waals surface area contributed by atoms with Crippen molar-refractivity contribution in [2.24, 2.45) is 11.8 Å². The quantitative estimate of drug-likeness (QED) is 0.883. The second kappa shape index (κ2) is 5.14. The Balaban J connectivity index is 2.20. The average molecular weight is 269 g/mol. The Morgan fingerprint density at radius 2 is 2.22 bits per heavy atom. The van der Waals surface area contributed by atoms with Crippen molar-refractivity contribution < 1.29 is 9.90 Å². The lowest BCUT2D eigenvalue weighted by Crippen LogP contribution is -2.25. The lowest BCUT2D eigenvalue weighted by atomic mass is 9.98. The molecule has 0 amide bonds. The number of nitrogens with one attached hydrogen (secondary N) is 1. The summed E-state index contributed by atoms with van der Waals surface area (Å²) in [7, 11) is 0. The summed E-state index contributed by atoms with van der Waals surface area (Å²) < 4.78 is 0. The van der Waals surface area contributed by atoms with Gasteiger partial charge in [0.1, 0.15) is 5.82 Å². The Labute approximate surface area is 111 Å². The molecule has 4 nitrogen and oxygen atoms in total. The van der Waals surface area contributed by atoms with Crippen molar-refractivity contribution in [2.75, 3.05) is 5.32 Å². The first-order valence-electron chi connectivity index (χ1n) is 6.15. The smallest absolute Gasteiger partial charge is 0.337 e. The van der Waals surface area contributed by atoms with E-state index in [0.717, 1.165) is 6.42 Å². The molecule has 1 aromatic rings. The van der Waals surface area contributed by atoms with Crippen LogP contribution in [0.5, 0.6) is 0 Å². The molecule has 0 saturated heterocycles. The lowest BCUT2D eigenvalue weighted by Gasteiger charge is -2.21.